The number of hydrogen-bond acceptors (Lipinski definition) is 5. The highest BCUT2D eigenvalue weighted by molar-refractivity contribution is 7.89. The van der Waals surface area contributed by atoms with Crippen LogP contribution in [0.1, 0.15) is 36.5 Å². The summed E-state index contributed by atoms with van der Waals surface area (Å²) in [7, 11) is -3.15. The summed E-state index contributed by atoms with van der Waals surface area (Å²) in [6, 6.07) is 8.26. The van der Waals surface area contributed by atoms with Crippen molar-refractivity contribution < 1.29 is 8.42 Å². The fourth-order valence-corrected chi connectivity index (χ4v) is 3.83. The lowest BCUT2D eigenvalue weighted by molar-refractivity contribution is 0.160. The normalized spacial score (nSPS) is 18.2. The topological polar surface area (TPSA) is 80.1 Å². The van der Waals surface area contributed by atoms with E-state index in [1.807, 2.05) is 42.1 Å². The Balaban J connectivity index is 1.67. The molecule has 0 amide bonds. The highest BCUT2D eigenvalue weighted by Crippen LogP contribution is 2.23. The highest BCUT2D eigenvalue weighted by atomic mass is 32.2. The maximum absolute atomic E-state index is 11.6. The van der Waals surface area contributed by atoms with E-state index in [4.69, 9.17) is 0 Å². The summed E-state index contributed by atoms with van der Waals surface area (Å²) in [5, 5.41) is 4.43. The van der Waals surface area contributed by atoms with Crippen LogP contribution in [0, 0.1) is 6.92 Å². The number of fused-ring (bicyclic) bond motifs is 1. The lowest BCUT2D eigenvalue weighted by atomic mass is 10.1. The Labute approximate surface area is 149 Å². The minimum atomic E-state index is -3.15. The molecule has 0 aromatic carbocycles. The van der Waals surface area contributed by atoms with E-state index in [0.29, 0.717) is 13.0 Å². The zero-order chi connectivity index (χ0) is 17.9. The average molecular weight is 363 g/mol. The van der Waals surface area contributed by atoms with Gasteiger partial charge in [0.05, 0.1) is 23.2 Å². The second-order valence-corrected chi connectivity index (χ2v) is 8.54. The van der Waals surface area contributed by atoms with Gasteiger partial charge in [-0.15, -0.1) is 0 Å². The Kier molecular flexibility index (Phi) is 5.51. The Morgan fingerprint density at radius 2 is 2.16 bits per heavy atom. The van der Waals surface area contributed by atoms with E-state index >= 15 is 0 Å². The molecule has 0 saturated heterocycles. The van der Waals surface area contributed by atoms with Gasteiger partial charge in [0, 0.05) is 38.1 Å². The average Bonchev–Trinajstić information content (AvgIpc) is 3.03. The first-order chi connectivity index (χ1) is 12.0. The SMILES string of the molecule is CCS(=O)(=O)NCC[C@H]1CN(Cc2cccc(C)n2)Cc2ccnn21. The number of sulfonamides is 1. The summed E-state index contributed by atoms with van der Waals surface area (Å²) in [5.74, 6) is 0.107. The Morgan fingerprint density at radius 1 is 1.32 bits per heavy atom. The fraction of sp³-hybridized carbons (Fsp3) is 0.529. The number of hydrogen-bond donors (Lipinski definition) is 1. The van der Waals surface area contributed by atoms with E-state index < -0.39 is 10.0 Å². The van der Waals surface area contributed by atoms with Crippen molar-refractivity contribution in [2.75, 3.05) is 18.8 Å². The number of aromatic nitrogens is 3. The van der Waals surface area contributed by atoms with Crippen LogP contribution in [0.4, 0.5) is 0 Å². The van der Waals surface area contributed by atoms with Crippen molar-refractivity contribution in [2.45, 2.75) is 39.4 Å². The van der Waals surface area contributed by atoms with E-state index in [9.17, 15) is 8.42 Å². The van der Waals surface area contributed by atoms with Crippen LogP contribution in [0.2, 0.25) is 0 Å². The molecule has 0 unspecified atom stereocenters. The Bertz CT molecular complexity index is 818. The van der Waals surface area contributed by atoms with Gasteiger partial charge in [0.1, 0.15) is 0 Å². The Hall–Kier alpha value is -1.77. The summed E-state index contributed by atoms with van der Waals surface area (Å²) in [6.45, 7) is 6.51. The summed E-state index contributed by atoms with van der Waals surface area (Å²) in [6.07, 6.45) is 2.53. The molecule has 8 heteroatoms. The predicted molar refractivity (Wildman–Crippen MR) is 96.4 cm³/mol. The van der Waals surface area contributed by atoms with Crippen LogP contribution in [0.3, 0.4) is 0 Å². The molecule has 0 radical (unpaired) electrons. The molecule has 1 atom stereocenters. The second kappa shape index (κ2) is 7.63. The number of rotatable bonds is 7. The van der Waals surface area contributed by atoms with Crippen molar-refractivity contribution in [2.24, 2.45) is 0 Å². The summed E-state index contributed by atoms with van der Waals surface area (Å²) in [4.78, 5) is 6.93. The molecular formula is C17H25N5O2S. The van der Waals surface area contributed by atoms with Crippen LogP contribution >= 0.6 is 0 Å². The number of nitrogens with zero attached hydrogens (tertiary/aromatic N) is 4. The van der Waals surface area contributed by atoms with Crippen molar-refractivity contribution in [1.82, 2.24) is 24.4 Å². The maximum Gasteiger partial charge on any atom is 0.211 e. The molecule has 0 aliphatic carbocycles. The van der Waals surface area contributed by atoms with Gasteiger partial charge in [-0.05, 0) is 38.5 Å². The van der Waals surface area contributed by atoms with Gasteiger partial charge >= 0.3 is 0 Å². The number of aryl methyl sites for hydroxylation is 1. The first kappa shape index (κ1) is 18.0. The minimum absolute atomic E-state index is 0.107. The largest absolute Gasteiger partial charge is 0.290 e. The van der Waals surface area contributed by atoms with Crippen molar-refractivity contribution in [3.63, 3.8) is 0 Å². The standard InChI is InChI=1S/C17H25N5O2S/c1-3-25(23,24)19-10-8-17-13-21(12-16-7-9-18-22(16)17)11-15-6-4-5-14(2)20-15/h4-7,9,17,19H,3,8,10-13H2,1-2H3/t17-/m0/s1. The van der Waals surface area contributed by atoms with Gasteiger partial charge in [-0.25, -0.2) is 13.1 Å². The van der Waals surface area contributed by atoms with Crippen LogP contribution in [0.15, 0.2) is 30.5 Å². The number of pyridine rings is 1. The molecule has 25 heavy (non-hydrogen) atoms. The van der Waals surface area contributed by atoms with Crippen molar-refractivity contribution in [3.8, 4) is 0 Å². The molecule has 0 fully saturated rings. The molecule has 2 aromatic heterocycles. The van der Waals surface area contributed by atoms with Gasteiger partial charge < -0.3 is 0 Å². The molecule has 3 rings (SSSR count). The van der Waals surface area contributed by atoms with Gasteiger partial charge in [0.15, 0.2) is 0 Å². The molecule has 0 saturated carbocycles. The first-order valence-corrected chi connectivity index (χ1v) is 10.3. The van der Waals surface area contributed by atoms with E-state index in [1.165, 1.54) is 0 Å². The van der Waals surface area contributed by atoms with Gasteiger partial charge in [-0.1, -0.05) is 6.07 Å². The van der Waals surface area contributed by atoms with Crippen molar-refractivity contribution in [1.29, 1.82) is 0 Å². The second-order valence-electron chi connectivity index (χ2n) is 6.45. The zero-order valence-electron chi connectivity index (χ0n) is 14.7. The highest BCUT2D eigenvalue weighted by Gasteiger charge is 2.25. The quantitative estimate of drug-likeness (QED) is 0.806. The van der Waals surface area contributed by atoms with Crippen LogP contribution in [0.25, 0.3) is 0 Å². The lowest BCUT2D eigenvalue weighted by Crippen LogP contribution is -2.39. The third-order valence-corrected chi connectivity index (χ3v) is 5.87. The van der Waals surface area contributed by atoms with Crippen molar-refractivity contribution in [3.05, 3.63) is 47.5 Å². The third kappa shape index (κ3) is 4.65. The minimum Gasteiger partial charge on any atom is -0.290 e. The molecule has 1 N–H and O–H groups in total. The smallest absolute Gasteiger partial charge is 0.211 e. The molecular weight excluding hydrogens is 338 g/mol. The fourth-order valence-electron chi connectivity index (χ4n) is 3.20. The lowest BCUT2D eigenvalue weighted by Gasteiger charge is -2.33. The van der Waals surface area contributed by atoms with Crippen LogP contribution in [0.5, 0.6) is 0 Å². The molecule has 2 aromatic rings. The predicted octanol–water partition coefficient (Wildman–Crippen LogP) is 1.47. The molecule has 136 valence electrons. The van der Waals surface area contributed by atoms with E-state index in [2.05, 4.69) is 19.7 Å². The first-order valence-electron chi connectivity index (χ1n) is 8.61. The van der Waals surface area contributed by atoms with E-state index in [1.54, 1.807) is 6.92 Å². The summed E-state index contributed by atoms with van der Waals surface area (Å²) >= 11 is 0. The maximum atomic E-state index is 11.6. The summed E-state index contributed by atoms with van der Waals surface area (Å²) in [5.41, 5.74) is 3.23. The molecule has 7 nitrogen and oxygen atoms in total. The van der Waals surface area contributed by atoms with E-state index in [-0.39, 0.29) is 11.8 Å². The molecule has 1 aliphatic rings. The zero-order valence-corrected chi connectivity index (χ0v) is 15.5. The molecule has 0 bridgehead atoms. The van der Waals surface area contributed by atoms with Crippen LogP contribution in [-0.2, 0) is 23.1 Å². The van der Waals surface area contributed by atoms with Gasteiger partial charge in [-0.3, -0.25) is 14.6 Å². The third-order valence-electron chi connectivity index (χ3n) is 4.46. The number of nitrogens with one attached hydrogen (secondary N) is 1. The van der Waals surface area contributed by atoms with E-state index in [0.717, 1.165) is 36.7 Å². The van der Waals surface area contributed by atoms with Gasteiger partial charge in [0.2, 0.25) is 10.0 Å². The summed E-state index contributed by atoms with van der Waals surface area (Å²) < 4.78 is 27.9. The van der Waals surface area contributed by atoms with Crippen LogP contribution in [-0.4, -0.2) is 46.9 Å². The van der Waals surface area contributed by atoms with Gasteiger partial charge in [-0.2, -0.15) is 5.10 Å². The molecule has 3 heterocycles. The monoisotopic (exact) mass is 363 g/mol. The Morgan fingerprint density at radius 3 is 2.92 bits per heavy atom. The molecule has 0 spiro atoms. The molecule has 1 aliphatic heterocycles. The van der Waals surface area contributed by atoms with Crippen LogP contribution < -0.4 is 4.72 Å². The van der Waals surface area contributed by atoms with Crippen molar-refractivity contribution >= 4 is 10.0 Å². The van der Waals surface area contributed by atoms with Gasteiger partial charge in [0.25, 0.3) is 0 Å².